The van der Waals surface area contributed by atoms with Crippen molar-refractivity contribution in [3.8, 4) is 0 Å². The maximum atomic E-state index is 13.3. The third-order valence-corrected chi connectivity index (χ3v) is 9.24. The Bertz CT molecular complexity index is 1080. The van der Waals surface area contributed by atoms with Crippen LogP contribution in [0.25, 0.3) is 0 Å². The Morgan fingerprint density at radius 1 is 0.943 bits per heavy atom. The van der Waals surface area contributed by atoms with Gasteiger partial charge in [0.15, 0.2) is 6.10 Å². The normalized spacial score (nSPS) is 38.8. The van der Waals surface area contributed by atoms with Gasteiger partial charge in [-0.2, -0.15) is 8.42 Å². The quantitative estimate of drug-likeness (QED) is 0.303. The van der Waals surface area contributed by atoms with Crippen molar-refractivity contribution in [3.05, 3.63) is 23.3 Å². The Balaban J connectivity index is 2.26. The topological polar surface area (TPSA) is 113 Å². The molecule has 9 heteroatoms. The van der Waals surface area contributed by atoms with Crippen LogP contribution in [-0.4, -0.2) is 50.7 Å². The predicted octanol–water partition coefficient (Wildman–Crippen LogP) is 3.60. The number of ketones is 1. The molecule has 0 amide bonds. The van der Waals surface area contributed by atoms with Gasteiger partial charge in [-0.15, -0.1) is 0 Å². The van der Waals surface area contributed by atoms with Crippen LogP contribution in [0.5, 0.6) is 0 Å². The van der Waals surface area contributed by atoms with Gasteiger partial charge in [0.05, 0.1) is 6.26 Å². The molecule has 0 radical (unpaired) electrons. The van der Waals surface area contributed by atoms with Gasteiger partial charge in [-0.3, -0.25) is 8.98 Å². The number of fused-ring (bicyclic) bond motifs is 3. The van der Waals surface area contributed by atoms with Gasteiger partial charge in [0.2, 0.25) is 0 Å². The minimum Gasteiger partial charge on any atom is -0.454 e. The van der Waals surface area contributed by atoms with Gasteiger partial charge in [0.25, 0.3) is 10.1 Å². The van der Waals surface area contributed by atoms with Crippen LogP contribution in [0.4, 0.5) is 0 Å². The van der Waals surface area contributed by atoms with E-state index in [0.717, 1.165) is 6.26 Å². The molecule has 0 aromatic heterocycles. The Morgan fingerprint density at radius 2 is 1.46 bits per heavy atom. The molecule has 8 nitrogen and oxygen atoms in total. The van der Waals surface area contributed by atoms with Crippen LogP contribution in [-0.2, 0) is 38.2 Å². The molecule has 4 bridgehead atoms. The fourth-order valence-corrected chi connectivity index (χ4v) is 7.58. The first kappa shape index (κ1) is 27.6. The third kappa shape index (κ3) is 4.39. The van der Waals surface area contributed by atoms with E-state index in [1.165, 1.54) is 0 Å². The second-order valence-corrected chi connectivity index (χ2v) is 12.8. The van der Waals surface area contributed by atoms with Crippen molar-refractivity contribution in [3.63, 3.8) is 0 Å². The Morgan fingerprint density at radius 3 is 1.91 bits per heavy atom. The molecule has 196 valence electrons. The van der Waals surface area contributed by atoms with Gasteiger partial charge in [0, 0.05) is 34.3 Å². The van der Waals surface area contributed by atoms with Crippen molar-refractivity contribution in [2.45, 2.75) is 80.1 Å². The second-order valence-electron chi connectivity index (χ2n) is 11.2. The van der Waals surface area contributed by atoms with E-state index in [9.17, 15) is 22.8 Å². The van der Waals surface area contributed by atoms with E-state index < -0.39 is 57.1 Å². The molecular formula is C26H38O8S. The number of allylic oxidation sites excluding steroid dienone is 2. The molecule has 4 rings (SSSR count). The monoisotopic (exact) mass is 510 g/mol. The van der Waals surface area contributed by atoms with Gasteiger partial charge in [-0.05, 0) is 45.4 Å². The van der Waals surface area contributed by atoms with Gasteiger partial charge >= 0.3 is 11.9 Å². The van der Waals surface area contributed by atoms with Crippen LogP contribution in [0.2, 0.25) is 0 Å². The summed E-state index contributed by atoms with van der Waals surface area (Å²) in [5, 5.41) is 0. The summed E-state index contributed by atoms with van der Waals surface area (Å²) in [4.78, 5) is 39.3. The highest BCUT2D eigenvalue weighted by molar-refractivity contribution is 7.86. The number of hydrogen-bond donors (Lipinski definition) is 0. The number of carbonyl (C=O) groups excluding carboxylic acids is 3. The highest BCUT2D eigenvalue weighted by atomic mass is 32.2. The van der Waals surface area contributed by atoms with Crippen LogP contribution < -0.4 is 0 Å². The molecule has 0 aliphatic heterocycles. The molecule has 8 atom stereocenters. The highest BCUT2D eigenvalue weighted by Crippen LogP contribution is 2.73. The number of esters is 2. The average molecular weight is 511 g/mol. The summed E-state index contributed by atoms with van der Waals surface area (Å²) < 4.78 is 42.6. The zero-order valence-electron chi connectivity index (χ0n) is 22.1. The summed E-state index contributed by atoms with van der Waals surface area (Å²) >= 11 is 0. The molecule has 0 spiro atoms. The van der Waals surface area contributed by atoms with Crippen LogP contribution in [0.1, 0.15) is 61.8 Å². The summed E-state index contributed by atoms with van der Waals surface area (Å²) in [5.41, 5.74) is -1.04. The number of ether oxygens (including phenoxy) is 2. The summed E-state index contributed by atoms with van der Waals surface area (Å²) in [5.74, 6) is -2.03. The molecule has 4 saturated carbocycles. The lowest BCUT2D eigenvalue weighted by molar-refractivity contribution is -0.231. The fourth-order valence-electron chi connectivity index (χ4n) is 6.89. The van der Waals surface area contributed by atoms with Crippen LogP contribution in [0, 0.1) is 34.5 Å². The van der Waals surface area contributed by atoms with Gasteiger partial charge < -0.3 is 9.47 Å². The van der Waals surface area contributed by atoms with Crippen molar-refractivity contribution in [1.29, 1.82) is 0 Å². The van der Waals surface area contributed by atoms with Crippen molar-refractivity contribution in [1.82, 2.24) is 0 Å². The minimum absolute atomic E-state index is 0.0345. The molecular weight excluding hydrogens is 472 g/mol. The summed E-state index contributed by atoms with van der Waals surface area (Å²) in [6, 6.07) is 0. The van der Waals surface area contributed by atoms with Crippen molar-refractivity contribution in [2.75, 3.05) is 6.26 Å². The van der Waals surface area contributed by atoms with E-state index in [1.54, 1.807) is 39.8 Å². The molecule has 4 unspecified atom stereocenters. The molecule has 35 heavy (non-hydrogen) atoms. The largest absolute Gasteiger partial charge is 0.454 e. The van der Waals surface area contributed by atoms with E-state index in [0.29, 0.717) is 17.6 Å². The van der Waals surface area contributed by atoms with Crippen LogP contribution in [0.3, 0.4) is 0 Å². The minimum atomic E-state index is -4.03. The van der Waals surface area contributed by atoms with Crippen molar-refractivity contribution < 1.29 is 36.5 Å². The Kier molecular flexibility index (Phi) is 7.20. The lowest BCUT2D eigenvalue weighted by atomic mass is 9.35. The molecule has 0 aromatic rings. The summed E-state index contributed by atoms with van der Waals surface area (Å²) in [6.07, 6.45) is 1.05. The Labute approximate surface area is 208 Å². The lowest BCUT2D eigenvalue weighted by Gasteiger charge is -2.68. The van der Waals surface area contributed by atoms with Gasteiger partial charge in [-0.1, -0.05) is 39.8 Å². The molecule has 0 N–H and O–H groups in total. The zero-order chi connectivity index (χ0) is 26.7. The smallest absolute Gasteiger partial charge is 0.333 e. The molecule has 4 aliphatic carbocycles. The first-order valence-electron chi connectivity index (χ1n) is 12.1. The molecule has 0 aromatic carbocycles. The SMILES string of the molecule is C/C=C(/C)C(=O)O[C@@H]1[C@@H](OC(=O)/C(C)=C\C)C(C)(C)C2C3C(=O)C[C@@H](C)C2C3(C)[C@@H]1OS(C)(=O)=O. The zero-order valence-corrected chi connectivity index (χ0v) is 22.9. The maximum absolute atomic E-state index is 13.3. The number of rotatable bonds is 6. The van der Waals surface area contributed by atoms with Crippen LogP contribution >= 0.6 is 0 Å². The Hall–Kier alpha value is -2.00. The van der Waals surface area contributed by atoms with E-state index in [4.69, 9.17) is 13.7 Å². The predicted molar refractivity (Wildman–Crippen MR) is 129 cm³/mol. The third-order valence-electron chi connectivity index (χ3n) is 8.69. The summed E-state index contributed by atoms with van der Waals surface area (Å²) in [6.45, 7) is 14.2. The molecule has 4 fully saturated rings. The summed E-state index contributed by atoms with van der Waals surface area (Å²) in [7, 11) is -4.03. The highest BCUT2D eigenvalue weighted by Gasteiger charge is 2.78. The van der Waals surface area contributed by atoms with Crippen molar-refractivity contribution in [2.24, 2.45) is 34.5 Å². The van der Waals surface area contributed by atoms with Crippen LogP contribution in [0.15, 0.2) is 23.3 Å². The van der Waals surface area contributed by atoms with Crippen molar-refractivity contribution >= 4 is 27.8 Å². The van der Waals surface area contributed by atoms with E-state index >= 15 is 0 Å². The second kappa shape index (κ2) is 9.14. The lowest BCUT2D eigenvalue weighted by Crippen LogP contribution is -2.71. The number of Topliss-reactive ketones (excluding diaryl/α,β-unsaturated/α-hetero) is 1. The van der Waals surface area contributed by atoms with Gasteiger partial charge in [0.1, 0.15) is 18.0 Å². The maximum Gasteiger partial charge on any atom is 0.333 e. The average Bonchev–Trinajstić information content (AvgIpc) is 2.83. The van der Waals surface area contributed by atoms with E-state index in [1.807, 2.05) is 27.7 Å². The molecule has 0 heterocycles. The first-order chi connectivity index (χ1) is 16.0. The van der Waals surface area contributed by atoms with E-state index in [-0.39, 0.29) is 23.5 Å². The fraction of sp³-hybridized carbons (Fsp3) is 0.731. The standard InChI is InChI=1S/C26H38O8S/c1-10-13(3)23(28)32-20-21(33-24(29)14(4)11-2)25(6,7)19-17-15(5)12-16(27)18(19)26(17,8)22(20)34-35(9,30)31/h10-11,15,17-22H,12H2,1-9H3/b13-10-,14-11-/t15-,17?,18?,19?,20-,21-,22-,26?/m1/s1. The van der Waals surface area contributed by atoms with E-state index in [2.05, 4.69) is 0 Å². The first-order valence-corrected chi connectivity index (χ1v) is 13.9. The van der Waals surface area contributed by atoms with Gasteiger partial charge in [-0.25, -0.2) is 9.59 Å². The number of carbonyl (C=O) groups is 3. The molecule has 0 saturated heterocycles. The number of hydrogen-bond acceptors (Lipinski definition) is 8. The molecule has 4 aliphatic rings.